The maximum absolute atomic E-state index is 5.71. The first-order valence-corrected chi connectivity index (χ1v) is 8.06. The van der Waals surface area contributed by atoms with E-state index >= 15 is 0 Å². The van der Waals surface area contributed by atoms with Crippen molar-refractivity contribution < 1.29 is 4.74 Å². The fourth-order valence-electron chi connectivity index (χ4n) is 2.75. The molecular weight excluding hydrogens is 262 g/mol. The normalized spacial score (nSPS) is 18.6. The molecule has 4 nitrogen and oxygen atoms in total. The molecule has 1 fully saturated rings. The van der Waals surface area contributed by atoms with Crippen molar-refractivity contribution in [2.24, 2.45) is 0 Å². The summed E-state index contributed by atoms with van der Waals surface area (Å²) in [6.07, 6.45) is 0. The van der Waals surface area contributed by atoms with Crippen LogP contribution < -0.4 is 10.1 Å². The van der Waals surface area contributed by atoms with Crippen LogP contribution in [-0.2, 0) is 0 Å². The van der Waals surface area contributed by atoms with Crippen LogP contribution in [0.25, 0.3) is 0 Å². The van der Waals surface area contributed by atoms with Gasteiger partial charge in [-0.05, 0) is 27.0 Å². The van der Waals surface area contributed by atoms with Gasteiger partial charge in [-0.1, -0.05) is 18.2 Å². The number of hydrogen-bond donors (Lipinski definition) is 1. The summed E-state index contributed by atoms with van der Waals surface area (Å²) in [7, 11) is 2.20. The maximum atomic E-state index is 5.71. The highest BCUT2D eigenvalue weighted by Crippen LogP contribution is 2.24. The Morgan fingerprint density at radius 2 is 1.90 bits per heavy atom. The molecule has 0 saturated carbocycles. The first kappa shape index (κ1) is 16.3. The molecule has 4 heteroatoms. The summed E-state index contributed by atoms with van der Waals surface area (Å²) in [6.45, 7) is 11.8. The van der Waals surface area contributed by atoms with Gasteiger partial charge in [0.2, 0.25) is 0 Å². The quantitative estimate of drug-likeness (QED) is 0.831. The van der Waals surface area contributed by atoms with Gasteiger partial charge in [0.1, 0.15) is 5.75 Å². The van der Waals surface area contributed by atoms with Crippen molar-refractivity contribution in [2.75, 3.05) is 52.9 Å². The van der Waals surface area contributed by atoms with Crippen LogP contribution in [0, 0.1) is 0 Å². The molecule has 2 rings (SSSR count). The van der Waals surface area contributed by atoms with E-state index in [2.05, 4.69) is 47.3 Å². The third kappa shape index (κ3) is 4.99. The predicted molar refractivity (Wildman–Crippen MR) is 88.0 cm³/mol. The highest BCUT2D eigenvalue weighted by molar-refractivity contribution is 5.35. The van der Waals surface area contributed by atoms with Gasteiger partial charge in [0.05, 0.1) is 6.61 Å². The zero-order chi connectivity index (χ0) is 15.1. The van der Waals surface area contributed by atoms with Gasteiger partial charge in [-0.2, -0.15) is 0 Å². The van der Waals surface area contributed by atoms with E-state index in [1.54, 1.807) is 0 Å². The lowest BCUT2D eigenvalue weighted by Gasteiger charge is -2.32. The Bertz CT molecular complexity index is 416. The Kier molecular flexibility index (Phi) is 6.49. The smallest absolute Gasteiger partial charge is 0.124 e. The lowest BCUT2D eigenvalue weighted by Crippen LogP contribution is -2.46. The number of nitrogens with zero attached hydrogens (tertiary/aromatic N) is 2. The Hall–Kier alpha value is -1.10. The molecule has 0 aliphatic carbocycles. The molecule has 1 atom stereocenters. The molecule has 1 aliphatic heterocycles. The van der Waals surface area contributed by atoms with Gasteiger partial charge in [0.15, 0.2) is 0 Å². The summed E-state index contributed by atoms with van der Waals surface area (Å²) >= 11 is 0. The molecule has 0 radical (unpaired) electrons. The molecular formula is C17H29N3O. The predicted octanol–water partition coefficient (Wildman–Crippen LogP) is 1.98. The van der Waals surface area contributed by atoms with E-state index < -0.39 is 0 Å². The number of hydrogen-bond acceptors (Lipinski definition) is 4. The number of rotatable bonds is 7. The average molecular weight is 291 g/mol. The first-order valence-electron chi connectivity index (χ1n) is 8.06. The van der Waals surface area contributed by atoms with Gasteiger partial charge < -0.3 is 15.0 Å². The molecule has 1 heterocycles. The van der Waals surface area contributed by atoms with Crippen molar-refractivity contribution in [2.45, 2.75) is 19.9 Å². The van der Waals surface area contributed by atoms with E-state index in [4.69, 9.17) is 4.74 Å². The lowest BCUT2D eigenvalue weighted by atomic mass is 10.1. The van der Waals surface area contributed by atoms with E-state index in [1.165, 1.54) is 31.7 Å². The second-order valence-electron chi connectivity index (χ2n) is 5.79. The van der Waals surface area contributed by atoms with E-state index in [0.29, 0.717) is 12.6 Å². The molecule has 118 valence electrons. The number of para-hydroxylation sites is 1. The third-order valence-corrected chi connectivity index (χ3v) is 4.16. The van der Waals surface area contributed by atoms with Crippen molar-refractivity contribution in [3.63, 3.8) is 0 Å². The molecule has 1 aromatic carbocycles. The fourth-order valence-corrected chi connectivity index (χ4v) is 2.75. The number of ether oxygens (including phenoxy) is 1. The summed E-state index contributed by atoms with van der Waals surface area (Å²) in [4.78, 5) is 4.93. The van der Waals surface area contributed by atoms with Gasteiger partial charge >= 0.3 is 0 Å². The fraction of sp³-hybridized carbons (Fsp3) is 0.647. The lowest BCUT2D eigenvalue weighted by molar-refractivity contribution is 0.154. The van der Waals surface area contributed by atoms with E-state index in [0.717, 1.165) is 18.8 Å². The van der Waals surface area contributed by atoms with Crippen LogP contribution in [0.15, 0.2) is 24.3 Å². The summed E-state index contributed by atoms with van der Waals surface area (Å²) < 4.78 is 5.71. The summed E-state index contributed by atoms with van der Waals surface area (Å²) in [5.74, 6) is 1.000. The van der Waals surface area contributed by atoms with Gasteiger partial charge in [-0.3, -0.25) is 4.90 Å². The largest absolute Gasteiger partial charge is 0.494 e. The van der Waals surface area contributed by atoms with Crippen LogP contribution in [0.4, 0.5) is 0 Å². The first-order chi connectivity index (χ1) is 10.2. The van der Waals surface area contributed by atoms with Crippen molar-refractivity contribution in [1.29, 1.82) is 0 Å². The molecule has 21 heavy (non-hydrogen) atoms. The summed E-state index contributed by atoms with van der Waals surface area (Å²) in [5.41, 5.74) is 1.25. The molecule has 0 amide bonds. The van der Waals surface area contributed by atoms with Crippen molar-refractivity contribution in [3.05, 3.63) is 29.8 Å². The summed E-state index contributed by atoms with van der Waals surface area (Å²) in [6, 6.07) is 8.64. The number of likely N-dealkylation sites (N-methyl/N-ethyl adjacent to an activating group) is 1. The molecule has 1 aromatic rings. The Morgan fingerprint density at radius 1 is 1.19 bits per heavy atom. The monoisotopic (exact) mass is 291 g/mol. The maximum Gasteiger partial charge on any atom is 0.124 e. The second kappa shape index (κ2) is 8.37. The van der Waals surface area contributed by atoms with Gasteiger partial charge in [0, 0.05) is 50.9 Å². The standard InChI is InChI=1S/C17H29N3O/c1-4-21-17-8-6-5-7-16(17)15(2)18-9-10-20-13-11-19(3)12-14-20/h5-8,15,18H,4,9-14H2,1-3H3. The molecule has 1 unspecified atom stereocenters. The zero-order valence-electron chi connectivity index (χ0n) is 13.6. The van der Waals surface area contributed by atoms with Crippen LogP contribution >= 0.6 is 0 Å². The van der Waals surface area contributed by atoms with Gasteiger partial charge in [-0.25, -0.2) is 0 Å². The van der Waals surface area contributed by atoms with Crippen LogP contribution in [0.2, 0.25) is 0 Å². The Morgan fingerprint density at radius 3 is 2.62 bits per heavy atom. The molecule has 0 bridgehead atoms. The minimum Gasteiger partial charge on any atom is -0.494 e. The summed E-state index contributed by atoms with van der Waals surface area (Å²) in [5, 5.41) is 3.62. The molecule has 1 aliphatic rings. The Balaban J connectivity index is 1.78. The molecule has 1 saturated heterocycles. The van der Waals surface area contributed by atoms with E-state index in [1.807, 2.05) is 13.0 Å². The van der Waals surface area contributed by atoms with Crippen LogP contribution in [-0.4, -0.2) is 62.7 Å². The average Bonchev–Trinajstić information content (AvgIpc) is 2.50. The molecule has 0 aromatic heterocycles. The van der Waals surface area contributed by atoms with Crippen molar-refractivity contribution >= 4 is 0 Å². The van der Waals surface area contributed by atoms with Crippen LogP contribution in [0.1, 0.15) is 25.5 Å². The highest BCUT2D eigenvalue weighted by Gasteiger charge is 2.14. The zero-order valence-corrected chi connectivity index (χ0v) is 13.6. The third-order valence-electron chi connectivity index (χ3n) is 4.16. The van der Waals surface area contributed by atoms with Crippen molar-refractivity contribution in [3.8, 4) is 5.75 Å². The van der Waals surface area contributed by atoms with E-state index in [9.17, 15) is 0 Å². The van der Waals surface area contributed by atoms with Crippen LogP contribution in [0.5, 0.6) is 5.75 Å². The number of benzene rings is 1. The van der Waals surface area contributed by atoms with Gasteiger partial charge in [0.25, 0.3) is 0 Å². The molecule has 1 N–H and O–H groups in total. The minimum atomic E-state index is 0.320. The molecule has 0 spiro atoms. The van der Waals surface area contributed by atoms with Gasteiger partial charge in [-0.15, -0.1) is 0 Å². The van der Waals surface area contributed by atoms with Crippen LogP contribution in [0.3, 0.4) is 0 Å². The second-order valence-corrected chi connectivity index (χ2v) is 5.79. The highest BCUT2D eigenvalue weighted by atomic mass is 16.5. The van der Waals surface area contributed by atoms with E-state index in [-0.39, 0.29) is 0 Å². The topological polar surface area (TPSA) is 27.7 Å². The van der Waals surface area contributed by atoms with Crippen molar-refractivity contribution in [1.82, 2.24) is 15.1 Å². The number of nitrogens with one attached hydrogen (secondary N) is 1. The SMILES string of the molecule is CCOc1ccccc1C(C)NCCN1CCN(C)CC1. The minimum absolute atomic E-state index is 0.320. The number of piperazine rings is 1. The Labute approximate surface area is 129 Å².